The fourth-order valence-corrected chi connectivity index (χ4v) is 2.32. The molecule has 134 valence electrons. The highest BCUT2D eigenvalue weighted by atomic mass is 16.5. The first-order valence-corrected chi connectivity index (χ1v) is 8.54. The third-order valence-corrected chi connectivity index (χ3v) is 3.69. The van der Waals surface area contributed by atoms with Gasteiger partial charge in [0.15, 0.2) is 0 Å². The molecule has 0 aliphatic rings. The van der Waals surface area contributed by atoms with E-state index < -0.39 is 0 Å². The lowest BCUT2D eigenvalue weighted by atomic mass is 10.1. The maximum atomic E-state index is 11.5. The van der Waals surface area contributed by atoms with Gasteiger partial charge in [0.1, 0.15) is 12.4 Å². The lowest BCUT2D eigenvalue weighted by Gasteiger charge is -2.08. The average Bonchev–Trinajstić information content (AvgIpc) is 2.65. The van der Waals surface area contributed by atoms with Crippen molar-refractivity contribution >= 4 is 6.03 Å². The van der Waals surface area contributed by atoms with E-state index in [9.17, 15) is 4.79 Å². The van der Waals surface area contributed by atoms with Crippen molar-refractivity contribution in [1.82, 2.24) is 10.6 Å². The number of urea groups is 1. The Kier molecular flexibility index (Phi) is 8.35. The summed E-state index contributed by atoms with van der Waals surface area (Å²) < 4.78 is 10.7. The van der Waals surface area contributed by atoms with Gasteiger partial charge < -0.3 is 20.1 Å². The zero-order valence-electron chi connectivity index (χ0n) is 14.7. The molecule has 2 aromatic carbocycles. The Morgan fingerprint density at radius 1 is 0.920 bits per heavy atom. The van der Waals surface area contributed by atoms with Gasteiger partial charge >= 0.3 is 6.03 Å². The van der Waals surface area contributed by atoms with E-state index in [1.54, 1.807) is 7.11 Å². The topological polar surface area (TPSA) is 59.6 Å². The Bertz CT molecular complexity index is 615. The molecule has 0 heterocycles. The number of carbonyl (C=O) groups is 1. The normalized spacial score (nSPS) is 10.3. The van der Waals surface area contributed by atoms with Crippen molar-refractivity contribution in [3.63, 3.8) is 0 Å². The molecule has 5 heteroatoms. The highest BCUT2D eigenvalue weighted by molar-refractivity contribution is 5.73. The molecular weight excluding hydrogens is 316 g/mol. The van der Waals surface area contributed by atoms with Crippen LogP contribution < -0.4 is 15.4 Å². The molecule has 0 atom stereocenters. The van der Waals surface area contributed by atoms with Crippen LogP contribution in [-0.2, 0) is 17.8 Å². The molecule has 2 N–H and O–H groups in total. The molecule has 2 rings (SSSR count). The van der Waals surface area contributed by atoms with Crippen molar-refractivity contribution in [2.24, 2.45) is 0 Å². The summed E-state index contributed by atoms with van der Waals surface area (Å²) >= 11 is 0. The largest absolute Gasteiger partial charge is 0.489 e. The number of aryl methyl sites for hydroxylation is 1. The predicted molar refractivity (Wildman–Crippen MR) is 98.8 cm³/mol. The number of nitrogens with one attached hydrogen (secondary N) is 2. The van der Waals surface area contributed by atoms with E-state index in [0.717, 1.165) is 24.2 Å². The lowest BCUT2D eigenvalue weighted by Crippen LogP contribution is -2.37. The minimum Gasteiger partial charge on any atom is -0.489 e. The van der Waals surface area contributed by atoms with Gasteiger partial charge in [-0.1, -0.05) is 42.5 Å². The molecule has 0 spiro atoms. The van der Waals surface area contributed by atoms with Crippen LogP contribution in [0.2, 0.25) is 0 Å². The minimum atomic E-state index is -0.151. The zero-order valence-corrected chi connectivity index (χ0v) is 14.7. The maximum absolute atomic E-state index is 11.5. The van der Waals surface area contributed by atoms with Gasteiger partial charge in [0, 0.05) is 20.2 Å². The van der Waals surface area contributed by atoms with Crippen LogP contribution >= 0.6 is 0 Å². The fourth-order valence-electron chi connectivity index (χ4n) is 2.32. The molecule has 5 nitrogen and oxygen atoms in total. The summed E-state index contributed by atoms with van der Waals surface area (Å²) in [7, 11) is 1.61. The molecule has 0 aromatic heterocycles. The van der Waals surface area contributed by atoms with Crippen molar-refractivity contribution in [2.75, 3.05) is 26.8 Å². The van der Waals surface area contributed by atoms with E-state index in [1.807, 2.05) is 42.5 Å². The van der Waals surface area contributed by atoms with Gasteiger partial charge in [0.25, 0.3) is 0 Å². The van der Waals surface area contributed by atoms with Crippen LogP contribution in [0.15, 0.2) is 54.6 Å². The Labute approximate surface area is 149 Å². The molecule has 2 aromatic rings. The quantitative estimate of drug-likeness (QED) is 0.652. The smallest absolute Gasteiger partial charge is 0.314 e. The van der Waals surface area contributed by atoms with Crippen LogP contribution in [0.25, 0.3) is 0 Å². The van der Waals surface area contributed by atoms with E-state index in [-0.39, 0.29) is 6.03 Å². The van der Waals surface area contributed by atoms with Crippen LogP contribution in [-0.4, -0.2) is 32.8 Å². The molecule has 0 unspecified atom stereocenters. The molecule has 2 amide bonds. The second-order valence-electron chi connectivity index (χ2n) is 5.70. The van der Waals surface area contributed by atoms with E-state index in [0.29, 0.717) is 26.3 Å². The van der Waals surface area contributed by atoms with Crippen LogP contribution in [0, 0.1) is 0 Å². The molecule has 0 aliphatic carbocycles. The second kappa shape index (κ2) is 11.1. The van der Waals surface area contributed by atoms with Gasteiger partial charge in [-0.25, -0.2) is 4.79 Å². The van der Waals surface area contributed by atoms with Crippen molar-refractivity contribution < 1.29 is 14.3 Å². The highest BCUT2D eigenvalue weighted by Gasteiger charge is 2.00. The van der Waals surface area contributed by atoms with Gasteiger partial charge in [0.05, 0.1) is 6.61 Å². The number of benzene rings is 2. The van der Waals surface area contributed by atoms with Gasteiger partial charge in [-0.15, -0.1) is 0 Å². The molecule has 0 saturated carbocycles. The van der Waals surface area contributed by atoms with Gasteiger partial charge in [-0.05, 0) is 36.1 Å². The molecule has 0 saturated heterocycles. The predicted octanol–water partition coefficient (Wildman–Crippen LogP) is 3.14. The number of carbonyl (C=O) groups excluding carboxylic acids is 1. The highest BCUT2D eigenvalue weighted by Crippen LogP contribution is 2.15. The van der Waals surface area contributed by atoms with E-state index in [4.69, 9.17) is 9.47 Å². The van der Waals surface area contributed by atoms with Crippen molar-refractivity contribution in [3.05, 3.63) is 65.7 Å². The Morgan fingerprint density at radius 2 is 1.64 bits per heavy atom. The van der Waals surface area contributed by atoms with Crippen LogP contribution in [0.3, 0.4) is 0 Å². The SMILES string of the molecule is COCCNC(=O)NCCCc1ccc(OCc2ccccc2)cc1. The Morgan fingerprint density at radius 3 is 2.36 bits per heavy atom. The molecule has 0 aliphatic heterocycles. The van der Waals surface area contributed by atoms with Crippen molar-refractivity contribution in [2.45, 2.75) is 19.4 Å². The Hall–Kier alpha value is -2.53. The van der Waals surface area contributed by atoms with Gasteiger partial charge in [-0.2, -0.15) is 0 Å². The summed E-state index contributed by atoms with van der Waals surface area (Å²) in [6, 6.07) is 18.1. The first kappa shape index (κ1) is 18.8. The summed E-state index contributed by atoms with van der Waals surface area (Å²) in [5.74, 6) is 0.864. The van der Waals surface area contributed by atoms with Crippen molar-refractivity contribution in [1.29, 1.82) is 0 Å². The third-order valence-electron chi connectivity index (χ3n) is 3.69. The first-order chi connectivity index (χ1) is 12.3. The summed E-state index contributed by atoms with van der Waals surface area (Å²) in [6.07, 6.45) is 1.80. The lowest BCUT2D eigenvalue weighted by molar-refractivity contribution is 0.196. The van der Waals surface area contributed by atoms with Crippen LogP contribution in [0.4, 0.5) is 4.79 Å². The standard InChI is InChI=1S/C20H26N2O3/c1-24-15-14-22-20(23)21-13-5-8-17-9-11-19(12-10-17)25-16-18-6-3-2-4-7-18/h2-4,6-7,9-12H,5,8,13-16H2,1H3,(H2,21,22,23). The summed E-state index contributed by atoms with van der Waals surface area (Å²) in [6.45, 7) is 2.26. The number of rotatable bonds is 10. The van der Waals surface area contributed by atoms with Gasteiger partial charge in [-0.3, -0.25) is 0 Å². The van der Waals surface area contributed by atoms with E-state index >= 15 is 0 Å². The third kappa shape index (κ3) is 7.72. The first-order valence-electron chi connectivity index (χ1n) is 8.54. The number of amides is 2. The molecule has 0 bridgehead atoms. The molecule has 0 radical (unpaired) electrons. The monoisotopic (exact) mass is 342 g/mol. The van der Waals surface area contributed by atoms with Crippen LogP contribution in [0.5, 0.6) is 5.75 Å². The summed E-state index contributed by atoms with van der Waals surface area (Å²) in [4.78, 5) is 11.5. The number of hydrogen-bond donors (Lipinski definition) is 2. The molecule has 0 fully saturated rings. The zero-order chi connectivity index (χ0) is 17.7. The number of ether oxygens (including phenoxy) is 2. The van der Waals surface area contributed by atoms with E-state index in [2.05, 4.69) is 22.8 Å². The summed E-state index contributed by atoms with van der Waals surface area (Å²) in [5, 5.41) is 5.56. The van der Waals surface area contributed by atoms with Crippen LogP contribution in [0.1, 0.15) is 17.5 Å². The molecular formula is C20H26N2O3. The van der Waals surface area contributed by atoms with Gasteiger partial charge in [0.2, 0.25) is 0 Å². The number of methoxy groups -OCH3 is 1. The number of hydrogen-bond acceptors (Lipinski definition) is 3. The molecule has 25 heavy (non-hydrogen) atoms. The fraction of sp³-hybridized carbons (Fsp3) is 0.350. The second-order valence-corrected chi connectivity index (χ2v) is 5.70. The average molecular weight is 342 g/mol. The Balaban J connectivity index is 1.62. The maximum Gasteiger partial charge on any atom is 0.314 e. The van der Waals surface area contributed by atoms with E-state index in [1.165, 1.54) is 5.56 Å². The van der Waals surface area contributed by atoms with Crippen molar-refractivity contribution in [3.8, 4) is 5.75 Å². The summed E-state index contributed by atoms with van der Waals surface area (Å²) in [5.41, 5.74) is 2.38. The minimum absolute atomic E-state index is 0.151.